The third kappa shape index (κ3) is 1.84. The Morgan fingerprint density at radius 2 is 2.06 bits per heavy atom. The van der Waals surface area contributed by atoms with Crippen molar-refractivity contribution in [2.24, 2.45) is 12.8 Å². The van der Waals surface area contributed by atoms with Crippen LogP contribution in [0.5, 0.6) is 0 Å². The molecule has 2 N–H and O–H groups in total. The van der Waals surface area contributed by atoms with E-state index in [0.29, 0.717) is 0 Å². The van der Waals surface area contributed by atoms with E-state index in [4.69, 9.17) is 5.73 Å². The Bertz CT molecular complexity index is 501. The van der Waals surface area contributed by atoms with Crippen LogP contribution in [0, 0.1) is 13.8 Å². The SMILES string of the molecule is Cc1ccncc1C(N)c1cn(C)nc1C. The van der Waals surface area contributed by atoms with Crippen LogP contribution in [0.1, 0.15) is 28.4 Å². The molecule has 2 aromatic rings. The summed E-state index contributed by atoms with van der Waals surface area (Å²) in [6, 6.07) is 1.82. The van der Waals surface area contributed by atoms with Crippen molar-refractivity contribution >= 4 is 0 Å². The molecule has 0 aliphatic rings. The molecule has 0 bridgehead atoms. The van der Waals surface area contributed by atoms with Crippen LogP contribution in [0.15, 0.2) is 24.7 Å². The van der Waals surface area contributed by atoms with Crippen LogP contribution >= 0.6 is 0 Å². The number of aromatic nitrogens is 3. The van der Waals surface area contributed by atoms with E-state index in [-0.39, 0.29) is 6.04 Å². The molecule has 4 heteroatoms. The largest absolute Gasteiger partial charge is 0.320 e. The fourth-order valence-corrected chi connectivity index (χ4v) is 1.89. The summed E-state index contributed by atoms with van der Waals surface area (Å²) < 4.78 is 1.79. The van der Waals surface area contributed by atoms with Gasteiger partial charge in [0.15, 0.2) is 0 Å². The summed E-state index contributed by atoms with van der Waals surface area (Å²) in [6.07, 6.45) is 5.57. The molecule has 84 valence electrons. The zero-order valence-corrected chi connectivity index (χ0v) is 9.81. The van der Waals surface area contributed by atoms with Crippen molar-refractivity contribution in [3.05, 3.63) is 47.0 Å². The summed E-state index contributed by atoms with van der Waals surface area (Å²) in [5.74, 6) is 0. The van der Waals surface area contributed by atoms with Crippen molar-refractivity contribution in [2.45, 2.75) is 19.9 Å². The van der Waals surface area contributed by atoms with Crippen molar-refractivity contribution in [3.8, 4) is 0 Å². The van der Waals surface area contributed by atoms with Crippen LogP contribution in [-0.2, 0) is 7.05 Å². The Balaban J connectivity index is 2.43. The first kappa shape index (κ1) is 10.8. The summed E-state index contributed by atoms with van der Waals surface area (Å²) in [4.78, 5) is 4.12. The minimum Gasteiger partial charge on any atom is -0.320 e. The summed E-state index contributed by atoms with van der Waals surface area (Å²) in [5.41, 5.74) is 10.5. The molecule has 0 aliphatic carbocycles. The van der Waals surface area contributed by atoms with Gasteiger partial charge in [-0.2, -0.15) is 5.10 Å². The van der Waals surface area contributed by atoms with E-state index in [2.05, 4.69) is 10.1 Å². The lowest BCUT2D eigenvalue weighted by Gasteiger charge is -2.13. The molecule has 4 nitrogen and oxygen atoms in total. The van der Waals surface area contributed by atoms with Crippen LogP contribution in [0.4, 0.5) is 0 Å². The molecule has 2 rings (SSSR count). The zero-order valence-electron chi connectivity index (χ0n) is 9.81. The molecule has 0 amide bonds. The highest BCUT2D eigenvalue weighted by atomic mass is 15.2. The number of rotatable bonds is 2. The van der Waals surface area contributed by atoms with E-state index in [1.54, 1.807) is 10.9 Å². The molecular formula is C12H16N4. The second-order valence-electron chi connectivity index (χ2n) is 4.05. The van der Waals surface area contributed by atoms with Gasteiger partial charge in [-0.05, 0) is 31.0 Å². The van der Waals surface area contributed by atoms with Gasteiger partial charge in [-0.3, -0.25) is 9.67 Å². The molecule has 1 unspecified atom stereocenters. The highest BCUT2D eigenvalue weighted by Gasteiger charge is 2.15. The molecule has 0 fully saturated rings. The van der Waals surface area contributed by atoms with Crippen molar-refractivity contribution in [1.29, 1.82) is 0 Å². The highest BCUT2D eigenvalue weighted by molar-refractivity contribution is 5.35. The van der Waals surface area contributed by atoms with E-state index in [1.165, 1.54) is 0 Å². The maximum absolute atomic E-state index is 6.24. The smallest absolute Gasteiger partial charge is 0.0644 e. The first-order valence-electron chi connectivity index (χ1n) is 5.26. The summed E-state index contributed by atoms with van der Waals surface area (Å²) in [6.45, 7) is 4.02. The molecule has 0 aromatic carbocycles. The van der Waals surface area contributed by atoms with E-state index < -0.39 is 0 Å². The van der Waals surface area contributed by atoms with Gasteiger partial charge in [0, 0.05) is 31.2 Å². The number of pyridine rings is 1. The third-order valence-electron chi connectivity index (χ3n) is 2.80. The third-order valence-corrected chi connectivity index (χ3v) is 2.80. The predicted molar refractivity (Wildman–Crippen MR) is 62.9 cm³/mol. The van der Waals surface area contributed by atoms with E-state index in [1.807, 2.05) is 39.4 Å². The molecule has 0 radical (unpaired) electrons. The monoisotopic (exact) mass is 216 g/mol. The Labute approximate surface area is 95.1 Å². The average Bonchev–Trinajstić information content (AvgIpc) is 2.58. The van der Waals surface area contributed by atoms with Crippen molar-refractivity contribution in [3.63, 3.8) is 0 Å². The number of hydrogen-bond donors (Lipinski definition) is 1. The second kappa shape index (κ2) is 4.06. The molecule has 0 saturated heterocycles. The van der Waals surface area contributed by atoms with E-state index >= 15 is 0 Å². The maximum atomic E-state index is 6.24. The van der Waals surface area contributed by atoms with Gasteiger partial charge < -0.3 is 5.73 Å². The second-order valence-corrected chi connectivity index (χ2v) is 4.05. The molecule has 0 spiro atoms. The van der Waals surface area contributed by atoms with Gasteiger partial charge in [-0.15, -0.1) is 0 Å². The molecule has 0 saturated carbocycles. The van der Waals surface area contributed by atoms with E-state index in [0.717, 1.165) is 22.4 Å². The van der Waals surface area contributed by atoms with Gasteiger partial charge in [0.05, 0.1) is 11.7 Å². The molecule has 1 atom stereocenters. The van der Waals surface area contributed by atoms with E-state index in [9.17, 15) is 0 Å². The lowest BCUT2D eigenvalue weighted by atomic mass is 9.98. The van der Waals surface area contributed by atoms with Crippen molar-refractivity contribution < 1.29 is 0 Å². The minimum absolute atomic E-state index is 0.151. The summed E-state index contributed by atoms with van der Waals surface area (Å²) in [7, 11) is 1.90. The normalized spacial score (nSPS) is 12.8. The summed E-state index contributed by atoms with van der Waals surface area (Å²) >= 11 is 0. The van der Waals surface area contributed by atoms with Crippen LogP contribution < -0.4 is 5.73 Å². The van der Waals surface area contributed by atoms with Gasteiger partial charge in [0.2, 0.25) is 0 Å². The fraction of sp³-hybridized carbons (Fsp3) is 0.333. The number of hydrogen-bond acceptors (Lipinski definition) is 3. The Morgan fingerprint density at radius 1 is 1.31 bits per heavy atom. The molecule has 16 heavy (non-hydrogen) atoms. The number of nitrogens with two attached hydrogens (primary N) is 1. The lowest BCUT2D eigenvalue weighted by molar-refractivity contribution is 0.756. The van der Waals surface area contributed by atoms with Gasteiger partial charge >= 0.3 is 0 Å². The van der Waals surface area contributed by atoms with Crippen LogP contribution in [0.3, 0.4) is 0 Å². The highest BCUT2D eigenvalue weighted by Crippen LogP contribution is 2.23. The molecule has 0 aliphatic heterocycles. The quantitative estimate of drug-likeness (QED) is 0.827. The van der Waals surface area contributed by atoms with Gasteiger partial charge in [-0.1, -0.05) is 0 Å². The fourth-order valence-electron chi connectivity index (χ4n) is 1.89. The van der Waals surface area contributed by atoms with Gasteiger partial charge in [0.25, 0.3) is 0 Å². The summed E-state index contributed by atoms with van der Waals surface area (Å²) in [5, 5.41) is 4.30. The minimum atomic E-state index is -0.151. The average molecular weight is 216 g/mol. The predicted octanol–water partition coefficient (Wildman–Crippen LogP) is 1.48. The molecule has 2 aromatic heterocycles. The first-order chi connectivity index (χ1) is 7.59. The Morgan fingerprint density at radius 3 is 2.62 bits per heavy atom. The molecular weight excluding hydrogens is 200 g/mol. The lowest BCUT2D eigenvalue weighted by Crippen LogP contribution is -2.14. The van der Waals surface area contributed by atoms with Crippen LogP contribution in [0.25, 0.3) is 0 Å². The van der Waals surface area contributed by atoms with Crippen molar-refractivity contribution in [2.75, 3.05) is 0 Å². The maximum Gasteiger partial charge on any atom is 0.0644 e. The van der Waals surface area contributed by atoms with Crippen molar-refractivity contribution in [1.82, 2.24) is 14.8 Å². The first-order valence-corrected chi connectivity index (χ1v) is 5.26. The topological polar surface area (TPSA) is 56.7 Å². The van der Waals surface area contributed by atoms with Crippen LogP contribution in [-0.4, -0.2) is 14.8 Å². The number of nitrogens with zero attached hydrogens (tertiary/aromatic N) is 3. The Kier molecular flexibility index (Phi) is 2.75. The van der Waals surface area contributed by atoms with Crippen LogP contribution in [0.2, 0.25) is 0 Å². The standard InChI is InChI=1S/C12H16N4/c1-8-4-5-14-6-10(8)12(13)11-7-16(3)15-9(11)2/h4-7,12H,13H2,1-3H3. The zero-order chi connectivity index (χ0) is 11.7. The number of aryl methyl sites for hydroxylation is 3. The van der Waals surface area contributed by atoms with Gasteiger partial charge in [-0.25, -0.2) is 0 Å². The Hall–Kier alpha value is -1.68. The van der Waals surface area contributed by atoms with Gasteiger partial charge in [0.1, 0.15) is 0 Å². The molecule has 2 heterocycles.